The van der Waals surface area contributed by atoms with Gasteiger partial charge in [0.15, 0.2) is 0 Å². The molecule has 0 aromatic carbocycles. The highest BCUT2D eigenvalue weighted by atomic mass is 35.5. The van der Waals surface area contributed by atoms with Crippen molar-refractivity contribution < 1.29 is 9.59 Å². The van der Waals surface area contributed by atoms with E-state index >= 15 is 0 Å². The van der Waals surface area contributed by atoms with Gasteiger partial charge >= 0.3 is 0 Å². The van der Waals surface area contributed by atoms with E-state index in [1.165, 1.54) is 6.20 Å². The maximum Gasteiger partial charge on any atom is 0.270 e. The van der Waals surface area contributed by atoms with Crippen LogP contribution in [0.25, 0.3) is 0 Å². The lowest BCUT2D eigenvalue weighted by Crippen LogP contribution is -2.40. The van der Waals surface area contributed by atoms with Crippen LogP contribution in [0.1, 0.15) is 42.4 Å². The summed E-state index contributed by atoms with van der Waals surface area (Å²) in [6.45, 7) is 5.70. The first-order valence-electron chi connectivity index (χ1n) is 7.63. The van der Waals surface area contributed by atoms with Gasteiger partial charge in [0.1, 0.15) is 16.6 Å². The third-order valence-corrected chi connectivity index (χ3v) is 3.51. The number of pyridine rings is 2. The third-order valence-electron chi connectivity index (χ3n) is 3.17. The molecule has 0 spiro atoms. The fourth-order valence-electron chi connectivity index (χ4n) is 2.17. The number of Topliss-reactive ketones (excluding diaryl/α,β-unsaturated/α-hetero) is 1. The van der Waals surface area contributed by atoms with Crippen molar-refractivity contribution in [1.29, 1.82) is 0 Å². The summed E-state index contributed by atoms with van der Waals surface area (Å²) in [5.74, 6) is -0.259. The fraction of sp³-hybridized carbons (Fsp3) is 0.333. The van der Waals surface area contributed by atoms with Gasteiger partial charge in [-0.2, -0.15) is 0 Å². The van der Waals surface area contributed by atoms with Crippen molar-refractivity contribution in [2.75, 3.05) is 0 Å². The average molecular weight is 346 g/mol. The number of carbonyl (C=O) groups excluding carboxylic acids is 2. The molecule has 6 heteroatoms. The van der Waals surface area contributed by atoms with Crippen LogP contribution in [0.4, 0.5) is 0 Å². The standard InChI is InChI=1S/C18H20ClN3O2/c1-18(2,3)22-17(24)15-10-12(6-8-20-15)9-14(23)11-13-5-4-7-21-16(13)19/h4-8,10H,9,11H2,1-3H3,(H,22,24). The minimum atomic E-state index is -0.346. The van der Waals surface area contributed by atoms with E-state index in [0.29, 0.717) is 16.4 Å². The Balaban J connectivity index is 2.05. The first kappa shape index (κ1) is 18.1. The molecule has 0 saturated heterocycles. The molecular formula is C18H20ClN3O2. The van der Waals surface area contributed by atoms with E-state index in [-0.39, 0.29) is 30.1 Å². The SMILES string of the molecule is CC(C)(C)NC(=O)c1cc(CC(=O)Cc2cccnc2Cl)ccn1. The molecule has 0 saturated carbocycles. The zero-order valence-electron chi connectivity index (χ0n) is 14.0. The van der Waals surface area contributed by atoms with Gasteiger partial charge in [0, 0.05) is 30.8 Å². The smallest absolute Gasteiger partial charge is 0.270 e. The van der Waals surface area contributed by atoms with Crippen molar-refractivity contribution in [2.24, 2.45) is 0 Å². The number of carbonyl (C=O) groups is 2. The molecule has 0 atom stereocenters. The number of hydrogen-bond acceptors (Lipinski definition) is 4. The summed E-state index contributed by atoms with van der Waals surface area (Å²) in [5, 5.41) is 3.19. The van der Waals surface area contributed by atoms with Crippen LogP contribution in [0.15, 0.2) is 36.7 Å². The lowest BCUT2D eigenvalue weighted by molar-refractivity contribution is -0.117. The van der Waals surface area contributed by atoms with E-state index in [9.17, 15) is 9.59 Å². The molecule has 0 fully saturated rings. The molecule has 2 aromatic heterocycles. The zero-order valence-corrected chi connectivity index (χ0v) is 14.7. The lowest BCUT2D eigenvalue weighted by Gasteiger charge is -2.20. The van der Waals surface area contributed by atoms with Gasteiger partial charge in [0.2, 0.25) is 0 Å². The summed E-state index contributed by atoms with van der Waals surface area (Å²) in [6.07, 6.45) is 3.54. The fourth-order valence-corrected chi connectivity index (χ4v) is 2.35. The second-order valence-corrected chi connectivity index (χ2v) is 6.96. The predicted octanol–water partition coefficient (Wildman–Crippen LogP) is 3.01. The van der Waals surface area contributed by atoms with Crippen molar-refractivity contribution in [1.82, 2.24) is 15.3 Å². The van der Waals surface area contributed by atoms with E-state index in [1.54, 1.807) is 30.5 Å². The second-order valence-electron chi connectivity index (χ2n) is 6.60. The Kier molecular flexibility index (Phi) is 5.67. The van der Waals surface area contributed by atoms with Crippen molar-refractivity contribution in [2.45, 2.75) is 39.2 Å². The Morgan fingerprint density at radius 1 is 1.12 bits per heavy atom. The Morgan fingerprint density at radius 3 is 2.54 bits per heavy atom. The van der Waals surface area contributed by atoms with E-state index in [1.807, 2.05) is 20.8 Å². The number of hydrogen-bond donors (Lipinski definition) is 1. The molecule has 0 unspecified atom stereocenters. The van der Waals surface area contributed by atoms with E-state index in [4.69, 9.17) is 11.6 Å². The lowest BCUT2D eigenvalue weighted by atomic mass is 10.0. The normalized spacial score (nSPS) is 11.2. The van der Waals surface area contributed by atoms with Gasteiger partial charge in [-0.05, 0) is 50.1 Å². The van der Waals surface area contributed by atoms with Crippen molar-refractivity contribution in [3.8, 4) is 0 Å². The Morgan fingerprint density at radius 2 is 1.88 bits per heavy atom. The summed E-state index contributed by atoms with van der Waals surface area (Å²) in [4.78, 5) is 32.4. The van der Waals surface area contributed by atoms with Gasteiger partial charge in [0.05, 0.1) is 0 Å². The number of nitrogens with zero attached hydrogens (tertiary/aromatic N) is 2. The number of amides is 1. The monoisotopic (exact) mass is 345 g/mol. The molecule has 2 heterocycles. The molecule has 2 rings (SSSR count). The molecule has 1 amide bonds. The summed E-state index contributed by atoms with van der Waals surface area (Å²) in [5.41, 5.74) is 1.40. The van der Waals surface area contributed by atoms with Gasteiger partial charge in [-0.3, -0.25) is 14.6 Å². The Hall–Kier alpha value is -2.27. The predicted molar refractivity (Wildman–Crippen MR) is 93.1 cm³/mol. The Labute approximate surface area is 146 Å². The maximum atomic E-state index is 12.2. The minimum absolute atomic E-state index is 0.00159. The second kappa shape index (κ2) is 7.53. The van der Waals surface area contributed by atoms with Crippen molar-refractivity contribution in [3.05, 3.63) is 58.6 Å². The summed E-state index contributed by atoms with van der Waals surface area (Å²) in [7, 11) is 0. The third kappa shape index (κ3) is 5.42. The molecule has 0 bridgehead atoms. The van der Waals surface area contributed by atoms with Gasteiger partial charge < -0.3 is 5.32 Å². The summed E-state index contributed by atoms with van der Waals surface area (Å²) >= 11 is 5.97. The zero-order chi connectivity index (χ0) is 17.7. The summed E-state index contributed by atoms with van der Waals surface area (Å²) < 4.78 is 0. The highest BCUT2D eigenvalue weighted by Gasteiger charge is 2.17. The molecule has 1 N–H and O–H groups in total. The first-order chi connectivity index (χ1) is 11.2. The molecule has 2 aromatic rings. The molecule has 0 radical (unpaired) electrons. The number of halogens is 1. The highest BCUT2D eigenvalue weighted by Crippen LogP contribution is 2.14. The van der Waals surface area contributed by atoms with E-state index in [0.717, 1.165) is 5.56 Å². The molecule has 0 aliphatic carbocycles. The first-order valence-corrected chi connectivity index (χ1v) is 8.01. The summed E-state index contributed by atoms with van der Waals surface area (Å²) in [6, 6.07) is 6.90. The molecule has 0 aliphatic rings. The minimum Gasteiger partial charge on any atom is -0.346 e. The van der Waals surface area contributed by atoms with Crippen LogP contribution in [0, 0.1) is 0 Å². The quantitative estimate of drug-likeness (QED) is 0.845. The molecule has 5 nitrogen and oxygen atoms in total. The van der Waals surface area contributed by atoms with Gasteiger partial charge in [-0.1, -0.05) is 17.7 Å². The number of ketones is 1. The van der Waals surface area contributed by atoms with Crippen molar-refractivity contribution in [3.63, 3.8) is 0 Å². The van der Waals surface area contributed by atoms with Crippen LogP contribution in [0.3, 0.4) is 0 Å². The topological polar surface area (TPSA) is 72.0 Å². The van der Waals surface area contributed by atoms with Crippen LogP contribution in [-0.4, -0.2) is 27.2 Å². The van der Waals surface area contributed by atoms with Crippen LogP contribution in [0.5, 0.6) is 0 Å². The van der Waals surface area contributed by atoms with Crippen LogP contribution < -0.4 is 5.32 Å². The average Bonchev–Trinajstić information content (AvgIpc) is 2.48. The molecular weight excluding hydrogens is 326 g/mol. The number of nitrogens with one attached hydrogen (secondary N) is 1. The maximum absolute atomic E-state index is 12.2. The van der Waals surface area contributed by atoms with Crippen molar-refractivity contribution >= 4 is 23.3 Å². The number of rotatable bonds is 5. The highest BCUT2D eigenvalue weighted by molar-refractivity contribution is 6.30. The van der Waals surface area contributed by atoms with Crippen LogP contribution in [0.2, 0.25) is 5.15 Å². The van der Waals surface area contributed by atoms with Gasteiger partial charge in [0.25, 0.3) is 5.91 Å². The molecule has 126 valence electrons. The number of aromatic nitrogens is 2. The Bertz CT molecular complexity index is 754. The molecule has 0 aliphatic heterocycles. The van der Waals surface area contributed by atoms with E-state index in [2.05, 4.69) is 15.3 Å². The van der Waals surface area contributed by atoms with Crippen LogP contribution >= 0.6 is 11.6 Å². The largest absolute Gasteiger partial charge is 0.346 e. The van der Waals surface area contributed by atoms with E-state index < -0.39 is 0 Å². The van der Waals surface area contributed by atoms with Gasteiger partial charge in [-0.15, -0.1) is 0 Å². The van der Waals surface area contributed by atoms with Gasteiger partial charge in [-0.25, -0.2) is 4.98 Å². The van der Waals surface area contributed by atoms with Crippen LogP contribution in [-0.2, 0) is 17.6 Å². The molecule has 24 heavy (non-hydrogen) atoms.